The first-order valence-electron chi connectivity index (χ1n) is 7.61. The van der Waals surface area contributed by atoms with E-state index >= 15 is 0 Å². The molecule has 2 aromatic carbocycles. The predicted octanol–water partition coefficient (Wildman–Crippen LogP) is 2.59. The highest BCUT2D eigenvalue weighted by Gasteiger charge is 2.15. The van der Waals surface area contributed by atoms with E-state index in [4.69, 9.17) is 9.47 Å². The second-order valence-electron chi connectivity index (χ2n) is 5.47. The van der Waals surface area contributed by atoms with E-state index in [0.29, 0.717) is 28.4 Å². The van der Waals surface area contributed by atoms with Gasteiger partial charge >= 0.3 is 0 Å². The predicted molar refractivity (Wildman–Crippen MR) is 90.9 cm³/mol. The minimum Gasteiger partial charge on any atom is -0.454 e. The van der Waals surface area contributed by atoms with Crippen LogP contribution in [0.3, 0.4) is 0 Å². The van der Waals surface area contributed by atoms with Gasteiger partial charge in [0.1, 0.15) is 6.42 Å². The number of fused-ring (bicyclic) bond motifs is 1. The van der Waals surface area contributed by atoms with E-state index in [1.165, 1.54) is 6.92 Å². The van der Waals surface area contributed by atoms with Crippen LogP contribution in [0.15, 0.2) is 42.5 Å². The zero-order valence-electron chi connectivity index (χ0n) is 13.5. The molecule has 0 atom stereocenters. The van der Waals surface area contributed by atoms with Gasteiger partial charge in [-0.3, -0.25) is 14.4 Å². The highest BCUT2D eigenvalue weighted by atomic mass is 16.7. The Morgan fingerprint density at radius 1 is 0.880 bits per heavy atom. The summed E-state index contributed by atoms with van der Waals surface area (Å²) in [6.45, 7) is 1.62. The third-order valence-corrected chi connectivity index (χ3v) is 3.55. The molecule has 0 spiro atoms. The average molecular weight is 340 g/mol. The summed E-state index contributed by atoms with van der Waals surface area (Å²) in [6, 6.07) is 11.5. The van der Waals surface area contributed by atoms with Gasteiger partial charge in [0.25, 0.3) is 0 Å². The van der Waals surface area contributed by atoms with Gasteiger partial charge in [-0.15, -0.1) is 0 Å². The van der Waals surface area contributed by atoms with Crippen molar-refractivity contribution in [2.24, 2.45) is 0 Å². The van der Waals surface area contributed by atoms with Crippen LogP contribution in [0.5, 0.6) is 11.5 Å². The Kier molecular flexibility index (Phi) is 4.65. The first kappa shape index (κ1) is 16.5. The number of hydrogen-bond donors (Lipinski definition) is 2. The maximum atomic E-state index is 12.0. The second-order valence-corrected chi connectivity index (χ2v) is 5.47. The molecule has 0 aliphatic carbocycles. The van der Waals surface area contributed by atoms with Gasteiger partial charge in [-0.25, -0.2) is 0 Å². The molecular formula is C18H16N2O5. The maximum Gasteiger partial charge on any atom is 0.233 e. The highest BCUT2D eigenvalue weighted by Crippen LogP contribution is 2.34. The molecule has 2 amide bonds. The summed E-state index contributed by atoms with van der Waals surface area (Å²) in [5.41, 5.74) is 1.59. The molecule has 0 saturated heterocycles. The van der Waals surface area contributed by atoms with Gasteiger partial charge in [-0.1, -0.05) is 0 Å². The van der Waals surface area contributed by atoms with Gasteiger partial charge in [0.2, 0.25) is 18.6 Å². The van der Waals surface area contributed by atoms with Crippen LogP contribution in [-0.4, -0.2) is 24.4 Å². The molecule has 128 valence electrons. The van der Waals surface area contributed by atoms with Crippen molar-refractivity contribution < 1.29 is 23.9 Å². The largest absolute Gasteiger partial charge is 0.454 e. The number of ether oxygens (including phenoxy) is 2. The summed E-state index contributed by atoms with van der Waals surface area (Å²) in [7, 11) is 0. The topological polar surface area (TPSA) is 93.7 Å². The number of nitrogens with one attached hydrogen (secondary N) is 2. The standard InChI is InChI=1S/C18H16N2O5/c1-11(21)12-2-4-13(5-3-12)19-17(22)9-18(23)20-14-6-7-15-16(8-14)25-10-24-15/h2-8H,9-10H2,1H3,(H,19,22)(H,20,23). The maximum absolute atomic E-state index is 12.0. The Morgan fingerprint density at radius 2 is 1.48 bits per heavy atom. The molecule has 3 rings (SSSR count). The van der Waals surface area contributed by atoms with Crippen LogP contribution >= 0.6 is 0 Å². The molecule has 2 N–H and O–H groups in total. The van der Waals surface area contributed by atoms with Crippen molar-refractivity contribution in [1.29, 1.82) is 0 Å². The van der Waals surface area contributed by atoms with E-state index in [0.717, 1.165) is 0 Å². The fraction of sp³-hybridized carbons (Fsp3) is 0.167. The molecule has 7 nitrogen and oxygen atoms in total. The first-order valence-corrected chi connectivity index (χ1v) is 7.61. The third kappa shape index (κ3) is 4.14. The number of rotatable bonds is 5. The van der Waals surface area contributed by atoms with Crippen molar-refractivity contribution in [2.75, 3.05) is 17.4 Å². The first-order chi connectivity index (χ1) is 12.0. The molecule has 25 heavy (non-hydrogen) atoms. The number of carbonyl (C=O) groups excluding carboxylic acids is 3. The number of amides is 2. The molecule has 1 heterocycles. The molecule has 2 aromatic rings. The van der Waals surface area contributed by atoms with Crippen LogP contribution < -0.4 is 20.1 Å². The summed E-state index contributed by atoms with van der Waals surface area (Å²) >= 11 is 0. The van der Waals surface area contributed by atoms with Gasteiger partial charge in [-0.05, 0) is 43.3 Å². The van der Waals surface area contributed by atoms with E-state index in [9.17, 15) is 14.4 Å². The molecule has 0 aromatic heterocycles. The van der Waals surface area contributed by atoms with Crippen molar-refractivity contribution in [3.63, 3.8) is 0 Å². The minimum absolute atomic E-state index is 0.0546. The zero-order chi connectivity index (χ0) is 17.8. The van der Waals surface area contributed by atoms with Gasteiger partial charge in [0, 0.05) is 23.0 Å². The van der Waals surface area contributed by atoms with E-state index in [1.54, 1.807) is 42.5 Å². The van der Waals surface area contributed by atoms with Crippen LogP contribution in [0.2, 0.25) is 0 Å². The highest BCUT2D eigenvalue weighted by molar-refractivity contribution is 6.08. The van der Waals surface area contributed by atoms with Crippen LogP contribution in [-0.2, 0) is 9.59 Å². The smallest absolute Gasteiger partial charge is 0.233 e. The number of anilines is 2. The quantitative estimate of drug-likeness (QED) is 0.644. The van der Waals surface area contributed by atoms with Gasteiger partial charge < -0.3 is 20.1 Å². The van der Waals surface area contributed by atoms with Crippen molar-refractivity contribution in [2.45, 2.75) is 13.3 Å². The van der Waals surface area contributed by atoms with Crippen molar-refractivity contribution in [3.8, 4) is 11.5 Å². The average Bonchev–Trinajstić information content (AvgIpc) is 3.02. The third-order valence-electron chi connectivity index (χ3n) is 3.55. The van der Waals surface area contributed by atoms with E-state index < -0.39 is 11.8 Å². The Labute approximate surface area is 143 Å². The number of hydrogen-bond acceptors (Lipinski definition) is 5. The van der Waals surface area contributed by atoms with Crippen molar-refractivity contribution in [1.82, 2.24) is 0 Å². The molecule has 1 aliphatic rings. The normalized spacial score (nSPS) is 11.7. The number of Topliss-reactive ketones (excluding diaryl/α,β-unsaturated/α-hetero) is 1. The van der Waals surface area contributed by atoms with Crippen LogP contribution in [0.1, 0.15) is 23.7 Å². The van der Waals surface area contributed by atoms with Gasteiger partial charge in [0.05, 0.1) is 0 Å². The summed E-state index contributed by atoms with van der Waals surface area (Å²) in [5, 5.41) is 5.24. The molecule has 0 saturated carbocycles. The Morgan fingerprint density at radius 3 is 2.16 bits per heavy atom. The van der Waals surface area contributed by atoms with Gasteiger partial charge in [-0.2, -0.15) is 0 Å². The lowest BCUT2D eigenvalue weighted by Gasteiger charge is -2.07. The van der Waals surface area contributed by atoms with Crippen LogP contribution in [0, 0.1) is 0 Å². The monoisotopic (exact) mass is 340 g/mol. The lowest BCUT2D eigenvalue weighted by Crippen LogP contribution is -2.21. The summed E-state index contributed by atoms with van der Waals surface area (Å²) in [6.07, 6.45) is -0.330. The van der Waals surface area contributed by atoms with E-state index in [2.05, 4.69) is 10.6 Å². The number of benzene rings is 2. The summed E-state index contributed by atoms with van der Waals surface area (Å²) in [4.78, 5) is 35.1. The molecule has 0 fully saturated rings. The van der Waals surface area contributed by atoms with E-state index in [1.807, 2.05) is 0 Å². The minimum atomic E-state index is -0.450. The lowest BCUT2D eigenvalue weighted by molar-refractivity contribution is -0.123. The van der Waals surface area contributed by atoms with E-state index in [-0.39, 0.29) is 19.0 Å². The molecule has 0 unspecified atom stereocenters. The zero-order valence-corrected chi connectivity index (χ0v) is 13.5. The molecule has 0 radical (unpaired) electrons. The molecular weight excluding hydrogens is 324 g/mol. The van der Waals surface area contributed by atoms with Crippen LogP contribution in [0.4, 0.5) is 11.4 Å². The molecule has 1 aliphatic heterocycles. The van der Waals surface area contributed by atoms with Crippen LogP contribution in [0.25, 0.3) is 0 Å². The summed E-state index contributed by atoms with van der Waals surface area (Å²) in [5.74, 6) is 0.212. The van der Waals surface area contributed by atoms with Crippen molar-refractivity contribution >= 4 is 29.0 Å². The Bertz CT molecular complexity index is 830. The Balaban J connectivity index is 1.53. The second kappa shape index (κ2) is 7.04. The number of ketones is 1. The number of carbonyl (C=O) groups is 3. The molecule has 0 bridgehead atoms. The Hall–Kier alpha value is -3.35. The fourth-order valence-corrected chi connectivity index (χ4v) is 2.32. The SMILES string of the molecule is CC(=O)c1ccc(NC(=O)CC(=O)Nc2ccc3c(c2)OCO3)cc1. The fourth-order valence-electron chi connectivity index (χ4n) is 2.32. The van der Waals surface area contributed by atoms with Gasteiger partial charge in [0.15, 0.2) is 17.3 Å². The summed E-state index contributed by atoms with van der Waals surface area (Å²) < 4.78 is 10.4. The molecule has 7 heteroatoms. The lowest BCUT2D eigenvalue weighted by atomic mass is 10.1. The van der Waals surface area contributed by atoms with Crippen molar-refractivity contribution in [3.05, 3.63) is 48.0 Å².